The number of rotatable bonds is 32. The van der Waals surface area contributed by atoms with Gasteiger partial charge >= 0.3 is 0 Å². The monoisotopic (exact) mass is 582 g/mol. The summed E-state index contributed by atoms with van der Waals surface area (Å²) in [6.45, 7) is 14.1. The zero-order valence-corrected chi connectivity index (χ0v) is 29.3. The van der Waals surface area contributed by atoms with Crippen molar-refractivity contribution in [1.29, 1.82) is 0 Å². The van der Waals surface area contributed by atoms with Gasteiger partial charge in [0.25, 0.3) is 0 Å². The summed E-state index contributed by atoms with van der Waals surface area (Å²) in [6.07, 6.45) is 35.0. The second-order valence-corrected chi connectivity index (χ2v) is 14.7. The van der Waals surface area contributed by atoms with E-state index in [4.69, 9.17) is 0 Å². The maximum Gasteiger partial charge on any atom is 0.0631 e. The zero-order valence-electron chi connectivity index (χ0n) is 29.3. The average Bonchev–Trinajstić information content (AvgIpc) is 2.90. The fourth-order valence-electron chi connectivity index (χ4n) is 6.31. The molecule has 0 saturated heterocycles. The topological polar surface area (TPSA) is 52.5 Å². The summed E-state index contributed by atoms with van der Waals surface area (Å²) < 4.78 is 0. The summed E-state index contributed by atoms with van der Waals surface area (Å²) in [4.78, 5) is 0. The largest absolute Gasteiger partial charge is 0.390 e. The quantitative estimate of drug-likeness (QED) is 0.0692. The summed E-state index contributed by atoms with van der Waals surface area (Å²) in [5.41, 5.74) is -1.32. The van der Waals surface area contributed by atoms with Crippen LogP contribution in [0.1, 0.15) is 208 Å². The molecule has 0 spiro atoms. The molecule has 0 aliphatic heterocycles. The first-order chi connectivity index (χ1) is 19.6. The molecular formula is C38H79NO2. The van der Waals surface area contributed by atoms with Crippen molar-refractivity contribution in [2.24, 2.45) is 11.8 Å². The predicted octanol–water partition coefficient (Wildman–Crippen LogP) is 11.5. The minimum atomic E-state index is -0.662. The molecule has 0 aromatic rings. The second-order valence-electron chi connectivity index (χ2n) is 14.7. The van der Waals surface area contributed by atoms with E-state index in [1.165, 1.54) is 154 Å². The first-order valence-electron chi connectivity index (χ1n) is 18.8. The van der Waals surface area contributed by atoms with Gasteiger partial charge in [-0.25, -0.2) is 0 Å². The molecule has 0 radical (unpaired) electrons. The minimum Gasteiger partial charge on any atom is -0.390 e. The Labute approximate surface area is 259 Å². The molecule has 0 amide bonds. The molecule has 0 aromatic heterocycles. The maximum absolute atomic E-state index is 10.8. The van der Waals surface area contributed by atoms with Gasteiger partial charge in [-0.05, 0) is 52.4 Å². The molecule has 0 rings (SSSR count). The number of nitrogens with one attached hydrogen (secondary N) is 1. The Morgan fingerprint density at radius 2 is 0.610 bits per heavy atom. The van der Waals surface area contributed by atoms with Crippen molar-refractivity contribution < 1.29 is 10.2 Å². The number of hydrogen-bond donors (Lipinski definition) is 3. The van der Waals surface area contributed by atoms with Gasteiger partial charge in [0.15, 0.2) is 0 Å². The molecule has 0 aliphatic rings. The Balaban J connectivity index is 4.04. The highest BCUT2D eigenvalue weighted by atomic mass is 16.3. The lowest BCUT2D eigenvalue weighted by atomic mass is 9.84. The van der Waals surface area contributed by atoms with E-state index >= 15 is 0 Å². The van der Waals surface area contributed by atoms with Crippen molar-refractivity contribution in [1.82, 2.24) is 5.32 Å². The molecule has 0 fully saturated rings. The number of unbranched alkanes of at least 4 members (excludes halogenated alkanes) is 22. The lowest BCUT2D eigenvalue weighted by Gasteiger charge is -2.33. The summed E-state index contributed by atoms with van der Waals surface area (Å²) in [5, 5.41) is 25.3. The summed E-state index contributed by atoms with van der Waals surface area (Å²) in [5.74, 6) is 0.527. The lowest BCUT2D eigenvalue weighted by molar-refractivity contribution is 0.00117. The van der Waals surface area contributed by atoms with Crippen molar-refractivity contribution in [3.8, 4) is 0 Å². The predicted molar refractivity (Wildman–Crippen MR) is 184 cm³/mol. The van der Waals surface area contributed by atoms with Gasteiger partial charge in [-0.15, -0.1) is 0 Å². The maximum atomic E-state index is 10.8. The van der Waals surface area contributed by atoms with E-state index in [1.807, 2.05) is 27.7 Å². The van der Waals surface area contributed by atoms with Crippen LogP contribution in [0.4, 0.5) is 0 Å². The second kappa shape index (κ2) is 27.4. The normalized spacial score (nSPS) is 14.0. The average molecular weight is 582 g/mol. The first-order valence-corrected chi connectivity index (χ1v) is 18.8. The van der Waals surface area contributed by atoms with E-state index in [-0.39, 0.29) is 11.8 Å². The SMILES string of the molecule is CCCCCCCCCCCCCCC(CNCC(CCCCCCCCCCCCCC)C(C)(C)O)C(C)(C)O. The van der Waals surface area contributed by atoms with Gasteiger partial charge in [-0.3, -0.25) is 0 Å². The minimum absolute atomic E-state index is 0.264. The Bertz CT molecular complexity index is 475. The third kappa shape index (κ3) is 27.2. The fraction of sp³-hybridized carbons (Fsp3) is 1.00. The van der Waals surface area contributed by atoms with Gasteiger partial charge in [0, 0.05) is 13.1 Å². The number of aliphatic hydroxyl groups is 2. The molecule has 0 bridgehead atoms. The Morgan fingerprint density at radius 1 is 0.390 bits per heavy atom. The van der Waals surface area contributed by atoms with Crippen molar-refractivity contribution in [3.05, 3.63) is 0 Å². The van der Waals surface area contributed by atoms with E-state index in [2.05, 4.69) is 19.2 Å². The van der Waals surface area contributed by atoms with Crippen LogP contribution < -0.4 is 5.32 Å². The molecule has 0 heterocycles. The van der Waals surface area contributed by atoms with Crippen LogP contribution in [0.2, 0.25) is 0 Å². The van der Waals surface area contributed by atoms with Crippen molar-refractivity contribution in [2.75, 3.05) is 13.1 Å². The van der Waals surface area contributed by atoms with E-state index in [0.717, 1.165) is 25.9 Å². The van der Waals surface area contributed by atoms with E-state index < -0.39 is 11.2 Å². The fourth-order valence-corrected chi connectivity index (χ4v) is 6.31. The van der Waals surface area contributed by atoms with Crippen LogP contribution in [0.25, 0.3) is 0 Å². The molecule has 0 saturated carbocycles. The van der Waals surface area contributed by atoms with Crippen molar-refractivity contribution in [3.63, 3.8) is 0 Å². The summed E-state index contributed by atoms with van der Waals surface area (Å²) in [7, 11) is 0. The molecule has 3 N–H and O–H groups in total. The van der Waals surface area contributed by atoms with Crippen LogP contribution >= 0.6 is 0 Å². The number of hydrogen-bond acceptors (Lipinski definition) is 3. The van der Waals surface area contributed by atoms with Crippen LogP contribution in [-0.2, 0) is 0 Å². The van der Waals surface area contributed by atoms with Gasteiger partial charge in [0.1, 0.15) is 0 Å². The molecular weight excluding hydrogens is 502 g/mol. The van der Waals surface area contributed by atoms with Gasteiger partial charge in [0.2, 0.25) is 0 Å². The van der Waals surface area contributed by atoms with Crippen LogP contribution in [0.5, 0.6) is 0 Å². The molecule has 248 valence electrons. The molecule has 2 atom stereocenters. The Hall–Kier alpha value is -0.120. The van der Waals surface area contributed by atoms with Crippen LogP contribution in [0.3, 0.4) is 0 Å². The van der Waals surface area contributed by atoms with E-state index in [9.17, 15) is 10.2 Å². The van der Waals surface area contributed by atoms with Crippen molar-refractivity contribution >= 4 is 0 Å². The molecule has 0 aliphatic carbocycles. The van der Waals surface area contributed by atoms with Crippen LogP contribution in [-0.4, -0.2) is 34.5 Å². The lowest BCUT2D eigenvalue weighted by Crippen LogP contribution is -2.43. The molecule has 2 unspecified atom stereocenters. The highest BCUT2D eigenvalue weighted by Crippen LogP contribution is 2.26. The third-order valence-corrected chi connectivity index (χ3v) is 9.59. The van der Waals surface area contributed by atoms with Gasteiger partial charge in [-0.2, -0.15) is 0 Å². The van der Waals surface area contributed by atoms with Crippen molar-refractivity contribution in [2.45, 2.75) is 220 Å². The highest BCUT2D eigenvalue weighted by molar-refractivity contribution is 4.83. The first kappa shape index (κ1) is 40.9. The Kier molecular flexibility index (Phi) is 27.4. The van der Waals surface area contributed by atoms with Crippen LogP contribution in [0.15, 0.2) is 0 Å². The third-order valence-electron chi connectivity index (χ3n) is 9.59. The molecule has 41 heavy (non-hydrogen) atoms. The van der Waals surface area contributed by atoms with E-state index in [0.29, 0.717) is 0 Å². The highest BCUT2D eigenvalue weighted by Gasteiger charge is 2.29. The van der Waals surface area contributed by atoms with Gasteiger partial charge < -0.3 is 15.5 Å². The molecule has 3 nitrogen and oxygen atoms in total. The standard InChI is InChI=1S/C38H79NO2/c1-7-9-11-13-15-17-19-21-23-25-27-29-31-35(37(3,4)40)33-39-34-36(38(5,6)41)32-30-28-26-24-22-20-18-16-14-12-10-8-2/h35-36,39-41H,7-34H2,1-6H3. The smallest absolute Gasteiger partial charge is 0.0631 e. The van der Waals surface area contributed by atoms with Gasteiger partial charge in [0.05, 0.1) is 11.2 Å². The molecule has 0 aromatic carbocycles. The zero-order chi connectivity index (χ0) is 30.7. The summed E-state index contributed by atoms with van der Waals surface area (Å²) >= 11 is 0. The summed E-state index contributed by atoms with van der Waals surface area (Å²) in [6, 6.07) is 0. The van der Waals surface area contributed by atoms with Gasteiger partial charge in [-0.1, -0.05) is 168 Å². The van der Waals surface area contributed by atoms with E-state index in [1.54, 1.807) is 0 Å². The van der Waals surface area contributed by atoms with Crippen LogP contribution in [0, 0.1) is 11.8 Å². The Morgan fingerprint density at radius 3 is 0.829 bits per heavy atom. The molecule has 3 heteroatoms.